The molecule has 0 fully saturated rings. The number of aliphatic hydroxyl groups excluding tert-OH is 1. The summed E-state index contributed by atoms with van der Waals surface area (Å²) in [5.74, 6) is 0.564. The van der Waals surface area contributed by atoms with Gasteiger partial charge in [0.05, 0.1) is 17.2 Å². The molecule has 122 valence electrons. The topological polar surface area (TPSA) is 73.9 Å². The highest BCUT2D eigenvalue weighted by Crippen LogP contribution is 2.31. The van der Waals surface area contributed by atoms with Gasteiger partial charge in [-0.25, -0.2) is 4.99 Å². The van der Waals surface area contributed by atoms with Crippen LogP contribution in [0.2, 0.25) is 0 Å². The Morgan fingerprint density at radius 1 is 1.35 bits per heavy atom. The number of nitrogens with zero attached hydrogens (tertiary/aromatic N) is 2. The van der Waals surface area contributed by atoms with E-state index >= 15 is 0 Å². The second kappa shape index (κ2) is 7.59. The molecule has 0 aliphatic carbocycles. The summed E-state index contributed by atoms with van der Waals surface area (Å²) < 4.78 is 0. The number of thiophene rings is 1. The van der Waals surface area contributed by atoms with Crippen LogP contribution >= 0.6 is 11.3 Å². The van der Waals surface area contributed by atoms with E-state index in [1.54, 1.807) is 11.3 Å². The third kappa shape index (κ3) is 3.90. The molecule has 0 amide bonds. The van der Waals surface area contributed by atoms with Gasteiger partial charge in [0.2, 0.25) is 0 Å². The number of nitrogens with one attached hydrogen (secondary N) is 1. The summed E-state index contributed by atoms with van der Waals surface area (Å²) in [4.78, 5) is 7.91. The number of hydrogen-bond acceptors (Lipinski definition) is 5. The Morgan fingerprint density at radius 3 is 3.04 bits per heavy atom. The van der Waals surface area contributed by atoms with E-state index < -0.39 is 0 Å². The molecule has 23 heavy (non-hydrogen) atoms. The summed E-state index contributed by atoms with van der Waals surface area (Å²) in [6, 6.07) is 10.3. The zero-order valence-corrected chi connectivity index (χ0v) is 13.9. The zero-order valence-electron chi connectivity index (χ0n) is 13.0. The summed E-state index contributed by atoms with van der Waals surface area (Å²) in [5, 5.41) is 14.0. The van der Waals surface area contributed by atoms with Gasteiger partial charge in [0.25, 0.3) is 0 Å². The molecule has 0 radical (unpaired) electrons. The molecule has 1 aliphatic rings. The minimum atomic E-state index is 0.178. The molecule has 2 aromatic rings. The maximum atomic E-state index is 8.81. The predicted octanol–water partition coefficient (Wildman–Crippen LogP) is 1.73. The largest absolute Gasteiger partial charge is 0.395 e. The predicted molar refractivity (Wildman–Crippen MR) is 97.0 cm³/mol. The first kappa shape index (κ1) is 16.0. The molecule has 0 atom stereocenters. The molecule has 1 aromatic heterocycles. The van der Waals surface area contributed by atoms with E-state index in [0.29, 0.717) is 12.4 Å². The molecule has 0 spiro atoms. The Balaban J connectivity index is 1.72. The van der Waals surface area contributed by atoms with Gasteiger partial charge in [-0.1, -0.05) is 12.1 Å². The minimum absolute atomic E-state index is 0.178. The third-order valence-corrected chi connectivity index (χ3v) is 4.82. The molecular formula is C17H22N4OS. The lowest BCUT2D eigenvalue weighted by Gasteiger charge is -2.19. The van der Waals surface area contributed by atoms with Gasteiger partial charge >= 0.3 is 0 Å². The van der Waals surface area contributed by atoms with Crippen LogP contribution in [0.15, 0.2) is 40.7 Å². The maximum Gasteiger partial charge on any atom is 0.141 e. The Labute approximate surface area is 140 Å². The number of fused-ring (bicyclic) bond motifs is 1. The zero-order chi connectivity index (χ0) is 16.1. The molecule has 0 saturated carbocycles. The number of benzene rings is 1. The first-order valence-electron chi connectivity index (χ1n) is 7.85. The first-order chi connectivity index (χ1) is 11.3. The molecule has 0 unspecified atom stereocenters. The molecule has 4 N–H and O–H groups in total. The summed E-state index contributed by atoms with van der Waals surface area (Å²) in [7, 11) is 0. The summed E-state index contributed by atoms with van der Waals surface area (Å²) in [6.45, 7) is 3.65. The van der Waals surface area contributed by atoms with Crippen molar-refractivity contribution in [1.29, 1.82) is 0 Å². The molecule has 0 bridgehead atoms. The molecule has 5 nitrogen and oxygen atoms in total. The number of rotatable bonds is 7. The Bertz CT molecular complexity index is 669. The third-order valence-electron chi connectivity index (χ3n) is 3.93. The van der Waals surface area contributed by atoms with Crippen molar-refractivity contribution in [3.63, 3.8) is 0 Å². The van der Waals surface area contributed by atoms with Crippen molar-refractivity contribution < 1.29 is 5.11 Å². The van der Waals surface area contributed by atoms with Gasteiger partial charge in [0.15, 0.2) is 0 Å². The van der Waals surface area contributed by atoms with E-state index in [-0.39, 0.29) is 6.61 Å². The van der Waals surface area contributed by atoms with Crippen molar-refractivity contribution in [3.05, 3.63) is 46.2 Å². The van der Waals surface area contributed by atoms with Crippen LogP contribution in [0, 0.1) is 0 Å². The Morgan fingerprint density at radius 2 is 2.26 bits per heavy atom. The highest BCUT2D eigenvalue weighted by Gasteiger charge is 2.18. The van der Waals surface area contributed by atoms with Gasteiger partial charge in [-0.05, 0) is 35.6 Å². The van der Waals surface area contributed by atoms with Gasteiger partial charge in [0.1, 0.15) is 5.84 Å². The average molecular weight is 330 g/mol. The van der Waals surface area contributed by atoms with E-state index in [0.717, 1.165) is 36.6 Å². The minimum Gasteiger partial charge on any atom is -0.395 e. The van der Waals surface area contributed by atoms with Gasteiger partial charge in [-0.3, -0.25) is 0 Å². The fourth-order valence-corrected chi connectivity index (χ4v) is 3.40. The van der Waals surface area contributed by atoms with Crippen LogP contribution < -0.4 is 16.0 Å². The highest BCUT2D eigenvalue weighted by molar-refractivity contribution is 7.12. The van der Waals surface area contributed by atoms with Crippen molar-refractivity contribution >= 4 is 28.5 Å². The van der Waals surface area contributed by atoms with Gasteiger partial charge in [0, 0.05) is 31.9 Å². The highest BCUT2D eigenvalue weighted by atomic mass is 32.1. The number of hydrogen-bond donors (Lipinski definition) is 3. The number of aliphatic hydroxyl groups is 1. The number of aliphatic imine (C=N–C) groups is 1. The smallest absolute Gasteiger partial charge is 0.141 e. The standard InChI is InChI=1S/C17H22N4OS/c18-17(16-2-1-11-23-16)20-14-4-3-13-5-8-21(15(13)12-14)9-6-19-7-10-22/h1-4,11-12,19,22H,5-10H2,(H2,18,20). The van der Waals surface area contributed by atoms with E-state index in [1.807, 2.05) is 23.6 Å². The lowest BCUT2D eigenvalue weighted by Crippen LogP contribution is -2.32. The summed E-state index contributed by atoms with van der Waals surface area (Å²) >= 11 is 1.60. The first-order valence-corrected chi connectivity index (χ1v) is 8.73. The number of anilines is 1. The Hall–Kier alpha value is -1.89. The van der Waals surface area contributed by atoms with Crippen LogP contribution in [0.3, 0.4) is 0 Å². The summed E-state index contributed by atoms with van der Waals surface area (Å²) in [6.07, 6.45) is 1.07. The second-order valence-corrected chi connectivity index (χ2v) is 6.45. The SMILES string of the molecule is NC(=Nc1ccc2c(c1)N(CCNCCO)CC2)c1cccs1. The summed E-state index contributed by atoms with van der Waals surface area (Å²) in [5.41, 5.74) is 9.58. The Kier molecular flexibility index (Phi) is 5.27. The molecule has 3 rings (SSSR count). The molecule has 2 heterocycles. The van der Waals surface area contributed by atoms with Crippen LogP contribution in [0.1, 0.15) is 10.4 Å². The average Bonchev–Trinajstić information content (AvgIpc) is 3.21. The molecule has 0 saturated heterocycles. The van der Waals surface area contributed by atoms with Crippen LogP contribution in [-0.2, 0) is 6.42 Å². The van der Waals surface area contributed by atoms with E-state index in [4.69, 9.17) is 10.8 Å². The van der Waals surface area contributed by atoms with Gasteiger partial charge < -0.3 is 21.1 Å². The van der Waals surface area contributed by atoms with Crippen molar-refractivity contribution in [1.82, 2.24) is 5.32 Å². The molecule has 1 aromatic carbocycles. The molecular weight excluding hydrogens is 308 g/mol. The van der Waals surface area contributed by atoms with Crippen molar-refractivity contribution in [2.24, 2.45) is 10.7 Å². The second-order valence-electron chi connectivity index (χ2n) is 5.50. The van der Waals surface area contributed by atoms with Gasteiger partial charge in [-0.15, -0.1) is 11.3 Å². The van der Waals surface area contributed by atoms with Crippen LogP contribution in [0.25, 0.3) is 0 Å². The quantitative estimate of drug-likeness (QED) is 0.411. The van der Waals surface area contributed by atoms with Crippen LogP contribution in [-0.4, -0.2) is 43.7 Å². The maximum absolute atomic E-state index is 8.81. The molecule has 6 heteroatoms. The van der Waals surface area contributed by atoms with Crippen LogP contribution in [0.5, 0.6) is 0 Å². The van der Waals surface area contributed by atoms with Crippen molar-refractivity contribution in [3.8, 4) is 0 Å². The fourth-order valence-electron chi connectivity index (χ4n) is 2.77. The number of amidine groups is 1. The van der Waals surface area contributed by atoms with Crippen molar-refractivity contribution in [2.45, 2.75) is 6.42 Å². The normalized spacial score (nSPS) is 14.3. The lowest BCUT2D eigenvalue weighted by molar-refractivity contribution is 0.293. The van der Waals surface area contributed by atoms with E-state index in [1.165, 1.54) is 11.3 Å². The van der Waals surface area contributed by atoms with Gasteiger partial charge in [-0.2, -0.15) is 0 Å². The molecule has 1 aliphatic heterocycles. The monoisotopic (exact) mass is 330 g/mol. The van der Waals surface area contributed by atoms with Crippen molar-refractivity contribution in [2.75, 3.05) is 37.7 Å². The van der Waals surface area contributed by atoms with Crippen LogP contribution in [0.4, 0.5) is 11.4 Å². The van der Waals surface area contributed by atoms with E-state index in [9.17, 15) is 0 Å². The fraction of sp³-hybridized carbons (Fsp3) is 0.353. The lowest BCUT2D eigenvalue weighted by atomic mass is 10.1. The number of nitrogens with two attached hydrogens (primary N) is 1. The van der Waals surface area contributed by atoms with E-state index in [2.05, 4.69) is 27.3 Å².